The average Bonchev–Trinajstić information content (AvgIpc) is 2.98. The molecule has 0 N–H and O–H groups in total. The predicted molar refractivity (Wildman–Crippen MR) is 118 cm³/mol. The lowest BCUT2D eigenvalue weighted by Gasteiger charge is -2.23. The molecule has 1 amide bonds. The molecule has 3 aromatic rings. The fourth-order valence-corrected chi connectivity index (χ4v) is 4.04. The van der Waals surface area contributed by atoms with Crippen LogP contribution in [0.4, 0.5) is 5.69 Å². The zero-order valence-corrected chi connectivity index (χ0v) is 18.2. The summed E-state index contributed by atoms with van der Waals surface area (Å²) in [6, 6.07) is 17.5. The van der Waals surface area contributed by atoms with Gasteiger partial charge in [-0.25, -0.2) is 4.68 Å². The quantitative estimate of drug-likeness (QED) is 0.591. The van der Waals surface area contributed by atoms with Gasteiger partial charge in [-0.1, -0.05) is 27.2 Å². The van der Waals surface area contributed by atoms with Crippen LogP contribution in [0.1, 0.15) is 28.2 Å². The van der Waals surface area contributed by atoms with Gasteiger partial charge in [0.2, 0.25) is 0 Å². The standard InChI is InChI=1S/C22H21BrN6O/c1-16-21(25-26-29(16)20-5-2-4-18(23)14-20)22(30)28-11-3-10-27(12-13-28)19-8-6-17(15-24)7-9-19/h2,4-9,14H,3,10-13H2,1H3. The number of carbonyl (C=O) groups is 1. The summed E-state index contributed by atoms with van der Waals surface area (Å²) in [6.07, 6.45) is 0.866. The lowest BCUT2D eigenvalue weighted by atomic mass is 10.2. The highest BCUT2D eigenvalue weighted by atomic mass is 79.9. The maximum Gasteiger partial charge on any atom is 0.276 e. The normalized spacial score (nSPS) is 14.3. The maximum atomic E-state index is 13.2. The van der Waals surface area contributed by atoms with E-state index in [2.05, 4.69) is 37.2 Å². The second-order valence-electron chi connectivity index (χ2n) is 7.21. The van der Waals surface area contributed by atoms with Gasteiger partial charge in [-0.2, -0.15) is 5.26 Å². The highest BCUT2D eigenvalue weighted by Crippen LogP contribution is 2.20. The first-order chi connectivity index (χ1) is 14.6. The van der Waals surface area contributed by atoms with E-state index >= 15 is 0 Å². The fourth-order valence-electron chi connectivity index (χ4n) is 3.66. The van der Waals surface area contributed by atoms with Crippen LogP contribution in [0.3, 0.4) is 0 Å². The Hall–Kier alpha value is -3.18. The molecule has 0 aliphatic carbocycles. The number of nitrogens with zero attached hydrogens (tertiary/aromatic N) is 6. The van der Waals surface area contributed by atoms with Crippen LogP contribution < -0.4 is 4.90 Å². The summed E-state index contributed by atoms with van der Waals surface area (Å²) in [4.78, 5) is 17.3. The van der Waals surface area contributed by atoms with Crippen molar-refractivity contribution in [1.82, 2.24) is 19.9 Å². The van der Waals surface area contributed by atoms with Crippen molar-refractivity contribution < 1.29 is 4.79 Å². The monoisotopic (exact) mass is 464 g/mol. The van der Waals surface area contributed by atoms with Gasteiger partial charge in [0.1, 0.15) is 0 Å². The number of amides is 1. The van der Waals surface area contributed by atoms with E-state index in [1.807, 2.05) is 60.4 Å². The number of hydrogen-bond donors (Lipinski definition) is 0. The van der Waals surface area contributed by atoms with Crippen LogP contribution in [0.2, 0.25) is 0 Å². The van der Waals surface area contributed by atoms with E-state index in [0.29, 0.717) is 24.3 Å². The SMILES string of the molecule is Cc1c(C(=O)N2CCCN(c3ccc(C#N)cc3)CC2)nnn1-c1cccc(Br)c1. The summed E-state index contributed by atoms with van der Waals surface area (Å²) in [6.45, 7) is 4.75. The van der Waals surface area contributed by atoms with Crippen LogP contribution >= 0.6 is 15.9 Å². The van der Waals surface area contributed by atoms with Crippen molar-refractivity contribution in [3.63, 3.8) is 0 Å². The zero-order chi connectivity index (χ0) is 21.1. The molecular formula is C22H21BrN6O. The van der Waals surface area contributed by atoms with Gasteiger partial charge in [-0.15, -0.1) is 5.10 Å². The second kappa shape index (κ2) is 8.67. The number of rotatable bonds is 3. The predicted octanol–water partition coefficient (Wildman–Crippen LogP) is 3.56. The molecule has 1 fully saturated rings. The molecule has 1 aliphatic rings. The molecule has 30 heavy (non-hydrogen) atoms. The minimum atomic E-state index is -0.0876. The molecule has 8 heteroatoms. The number of carbonyl (C=O) groups excluding carboxylic acids is 1. The Balaban J connectivity index is 1.48. The molecule has 1 aromatic heterocycles. The Morgan fingerprint density at radius 2 is 1.87 bits per heavy atom. The van der Waals surface area contributed by atoms with Crippen molar-refractivity contribution in [2.75, 3.05) is 31.1 Å². The van der Waals surface area contributed by atoms with E-state index in [9.17, 15) is 4.79 Å². The first kappa shape index (κ1) is 20.1. The van der Waals surface area contributed by atoms with Gasteiger partial charge in [0, 0.05) is 36.3 Å². The molecule has 0 saturated carbocycles. The Kier molecular flexibility index (Phi) is 5.81. The van der Waals surface area contributed by atoms with E-state index in [0.717, 1.165) is 41.1 Å². The summed E-state index contributed by atoms with van der Waals surface area (Å²) >= 11 is 3.47. The van der Waals surface area contributed by atoms with Gasteiger partial charge in [0.15, 0.2) is 5.69 Å². The Morgan fingerprint density at radius 1 is 1.07 bits per heavy atom. The molecule has 4 rings (SSSR count). The average molecular weight is 465 g/mol. The number of aromatic nitrogens is 3. The summed E-state index contributed by atoms with van der Waals surface area (Å²) in [5.74, 6) is -0.0876. The fraction of sp³-hybridized carbons (Fsp3) is 0.273. The molecule has 0 unspecified atom stereocenters. The second-order valence-corrected chi connectivity index (χ2v) is 8.12. The van der Waals surface area contributed by atoms with Crippen molar-refractivity contribution in [2.24, 2.45) is 0 Å². The molecule has 0 atom stereocenters. The van der Waals surface area contributed by atoms with Crippen molar-refractivity contribution >= 4 is 27.5 Å². The molecule has 0 spiro atoms. The topological polar surface area (TPSA) is 78.1 Å². The summed E-state index contributed by atoms with van der Waals surface area (Å²) in [5, 5.41) is 17.4. The van der Waals surface area contributed by atoms with Crippen molar-refractivity contribution in [3.8, 4) is 11.8 Å². The van der Waals surface area contributed by atoms with E-state index < -0.39 is 0 Å². The van der Waals surface area contributed by atoms with Crippen molar-refractivity contribution in [2.45, 2.75) is 13.3 Å². The van der Waals surface area contributed by atoms with Crippen LogP contribution in [-0.2, 0) is 0 Å². The maximum absolute atomic E-state index is 13.2. The summed E-state index contributed by atoms with van der Waals surface area (Å²) in [5.41, 5.74) is 3.69. The minimum absolute atomic E-state index is 0.0876. The van der Waals surface area contributed by atoms with Crippen molar-refractivity contribution in [1.29, 1.82) is 5.26 Å². The van der Waals surface area contributed by atoms with Crippen LogP contribution in [-0.4, -0.2) is 52.0 Å². The zero-order valence-electron chi connectivity index (χ0n) is 16.6. The first-order valence-electron chi connectivity index (χ1n) is 9.79. The molecule has 1 aliphatic heterocycles. The third-order valence-electron chi connectivity index (χ3n) is 5.29. The van der Waals surface area contributed by atoms with Crippen LogP contribution in [0, 0.1) is 18.3 Å². The minimum Gasteiger partial charge on any atom is -0.370 e. The van der Waals surface area contributed by atoms with Crippen LogP contribution in [0.5, 0.6) is 0 Å². The number of benzene rings is 2. The van der Waals surface area contributed by atoms with Gasteiger partial charge < -0.3 is 9.80 Å². The summed E-state index contributed by atoms with van der Waals surface area (Å²) < 4.78 is 2.64. The Labute approximate surface area is 183 Å². The Morgan fingerprint density at radius 3 is 2.60 bits per heavy atom. The van der Waals surface area contributed by atoms with Gasteiger partial charge in [0.25, 0.3) is 5.91 Å². The van der Waals surface area contributed by atoms with E-state index in [-0.39, 0.29) is 5.91 Å². The summed E-state index contributed by atoms with van der Waals surface area (Å²) in [7, 11) is 0. The molecule has 2 aromatic carbocycles. The van der Waals surface area contributed by atoms with Gasteiger partial charge in [-0.05, 0) is 55.8 Å². The number of hydrogen-bond acceptors (Lipinski definition) is 5. The smallest absolute Gasteiger partial charge is 0.276 e. The molecule has 0 radical (unpaired) electrons. The van der Waals surface area contributed by atoms with Gasteiger partial charge in [0.05, 0.1) is 23.0 Å². The lowest BCUT2D eigenvalue weighted by Crippen LogP contribution is -2.35. The molecule has 7 nitrogen and oxygen atoms in total. The third-order valence-corrected chi connectivity index (χ3v) is 5.79. The Bertz CT molecular complexity index is 1100. The molecule has 152 valence electrons. The van der Waals surface area contributed by atoms with Crippen LogP contribution in [0.25, 0.3) is 5.69 Å². The van der Waals surface area contributed by atoms with E-state index in [1.165, 1.54) is 0 Å². The molecule has 1 saturated heterocycles. The number of nitriles is 1. The molecule has 0 bridgehead atoms. The molecular weight excluding hydrogens is 444 g/mol. The first-order valence-corrected chi connectivity index (χ1v) is 10.6. The number of anilines is 1. The van der Waals surface area contributed by atoms with Crippen LogP contribution in [0.15, 0.2) is 53.0 Å². The van der Waals surface area contributed by atoms with Gasteiger partial charge in [-0.3, -0.25) is 4.79 Å². The largest absolute Gasteiger partial charge is 0.370 e. The van der Waals surface area contributed by atoms with E-state index in [1.54, 1.807) is 4.68 Å². The third kappa shape index (κ3) is 4.07. The molecule has 2 heterocycles. The lowest BCUT2D eigenvalue weighted by molar-refractivity contribution is 0.0760. The van der Waals surface area contributed by atoms with Gasteiger partial charge >= 0.3 is 0 Å². The number of halogens is 1. The van der Waals surface area contributed by atoms with E-state index in [4.69, 9.17) is 5.26 Å². The van der Waals surface area contributed by atoms with Crippen molar-refractivity contribution in [3.05, 3.63) is 70.0 Å². The highest BCUT2D eigenvalue weighted by Gasteiger charge is 2.25. The highest BCUT2D eigenvalue weighted by molar-refractivity contribution is 9.10.